The molecule has 0 N–H and O–H groups in total. The van der Waals surface area contributed by atoms with E-state index in [-0.39, 0.29) is 5.82 Å². The van der Waals surface area contributed by atoms with Crippen LogP contribution in [0.5, 0.6) is 11.5 Å². The van der Waals surface area contributed by atoms with Crippen molar-refractivity contribution in [2.24, 2.45) is 0 Å². The fourth-order valence-electron chi connectivity index (χ4n) is 4.01. The molecule has 1 fully saturated rings. The molecule has 1 saturated heterocycles. The molecule has 0 atom stereocenters. The maximum atomic E-state index is 13.7. The second-order valence-corrected chi connectivity index (χ2v) is 7.36. The van der Waals surface area contributed by atoms with Gasteiger partial charge in [0.05, 0.1) is 32.8 Å². The Bertz CT molecular complexity index is 1250. The zero-order valence-electron chi connectivity index (χ0n) is 17.8. The van der Waals surface area contributed by atoms with Gasteiger partial charge in [-0.2, -0.15) is 0 Å². The fourth-order valence-corrected chi connectivity index (χ4v) is 4.01. The van der Waals surface area contributed by atoms with Crippen molar-refractivity contribution >= 4 is 16.9 Å². The summed E-state index contributed by atoms with van der Waals surface area (Å²) in [5.74, 6) is 2.26. The SMILES string of the molecule is COc1ccc(-c2oc3ncnc(N4CCOCC4)c3c2-c2ccc(F)cc2)cc1OC. The van der Waals surface area contributed by atoms with Crippen molar-refractivity contribution in [3.8, 4) is 33.9 Å². The Balaban J connectivity index is 1.78. The number of aromatic nitrogens is 2. The van der Waals surface area contributed by atoms with E-state index in [1.807, 2.05) is 18.2 Å². The molecule has 2 aromatic heterocycles. The number of hydrogen-bond acceptors (Lipinski definition) is 7. The lowest BCUT2D eigenvalue weighted by Crippen LogP contribution is -2.36. The normalized spacial score (nSPS) is 14.0. The summed E-state index contributed by atoms with van der Waals surface area (Å²) in [6.07, 6.45) is 1.50. The number of fused-ring (bicyclic) bond motifs is 1. The zero-order valence-corrected chi connectivity index (χ0v) is 17.8. The largest absolute Gasteiger partial charge is 0.493 e. The van der Waals surface area contributed by atoms with E-state index in [1.54, 1.807) is 26.4 Å². The summed E-state index contributed by atoms with van der Waals surface area (Å²) >= 11 is 0. The smallest absolute Gasteiger partial charge is 0.232 e. The van der Waals surface area contributed by atoms with Crippen LogP contribution in [0.15, 0.2) is 53.2 Å². The van der Waals surface area contributed by atoms with Gasteiger partial charge in [0.2, 0.25) is 5.71 Å². The molecule has 0 aliphatic carbocycles. The molecule has 0 amide bonds. The number of methoxy groups -OCH3 is 2. The molecular weight excluding hydrogens is 413 g/mol. The van der Waals surface area contributed by atoms with Crippen molar-refractivity contribution in [3.05, 3.63) is 54.6 Å². The summed E-state index contributed by atoms with van der Waals surface area (Å²) in [6.45, 7) is 2.67. The van der Waals surface area contributed by atoms with Crippen LogP contribution in [0.4, 0.5) is 10.2 Å². The number of halogens is 1. The first-order valence-electron chi connectivity index (χ1n) is 10.3. The highest BCUT2D eigenvalue weighted by Crippen LogP contribution is 2.45. The Labute approximate surface area is 184 Å². The third-order valence-electron chi connectivity index (χ3n) is 5.56. The second kappa shape index (κ2) is 8.47. The topological polar surface area (TPSA) is 69.9 Å². The highest BCUT2D eigenvalue weighted by Gasteiger charge is 2.26. The van der Waals surface area contributed by atoms with Crippen LogP contribution >= 0.6 is 0 Å². The first kappa shape index (κ1) is 20.3. The van der Waals surface area contributed by atoms with Crippen molar-refractivity contribution in [1.82, 2.24) is 9.97 Å². The van der Waals surface area contributed by atoms with Gasteiger partial charge >= 0.3 is 0 Å². The molecular formula is C24H22FN3O4. The molecule has 1 aliphatic heterocycles. The number of benzene rings is 2. The Morgan fingerprint density at radius 2 is 1.62 bits per heavy atom. The van der Waals surface area contributed by atoms with Gasteiger partial charge in [0.25, 0.3) is 0 Å². The van der Waals surface area contributed by atoms with Crippen molar-refractivity contribution in [3.63, 3.8) is 0 Å². The lowest BCUT2D eigenvalue weighted by atomic mass is 9.98. The van der Waals surface area contributed by atoms with Crippen LogP contribution < -0.4 is 14.4 Å². The van der Waals surface area contributed by atoms with Crippen molar-refractivity contribution < 1.29 is 23.0 Å². The average molecular weight is 435 g/mol. The molecule has 4 aromatic rings. The van der Waals surface area contributed by atoms with Gasteiger partial charge < -0.3 is 23.5 Å². The fraction of sp³-hybridized carbons (Fsp3) is 0.250. The van der Waals surface area contributed by atoms with Crippen LogP contribution in [0.2, 0.25) is 0 Å². The molecule has 0 radical (unpaired) electrons. The van der Waals surface area contributed by atoms with Gasteiger partial charge in [0.15, 0.2) is 11.5 Å². The molecule has 32 heavy (non-hydrogen) atoms. The van der Waals surface area contributed by atoms with E-state index in [9.17, 15) is 4.39 Å². The number of morpholine rings is 1. The third-order valence-corrected chi connectivity index (χ3v) is 5.56. The maximum absolute atomic E-state index is 13.7. The predicted molar refractivity (Wildman–Crippen MR) is 119 cm³/mol. The standard InChI is InChI=1S/C24H22FN3O4/c1-29-18-8-5-16(13-19(18)30-2)22-20(15-3-6-17(25)7-4-15)21-23(26-14-27-24(21)32-22)28-9-11-31-12-10-28/h3-8,13-14H,9-12H2,1-2H3. The van der Waals surface area contributed by atoms with E-state index >= 15 is 0 Å². The Morgan fingerprint density at radius 1 is 0.906 bits per heavy atom. The van der Waals surface area contributed by atoms with E-state index in [0.29, 0.717) is 49.3 Å². The Hall–Kier alpha value is -3.65. The first-order chi connectivity index (χ1) is 15.7. The number of furan rings is 1. The molecule has 0 unspecified atom stereocenters. The summed E-state index contributed by atoms with van der Waals surface area (Å²) < 4.78 is 36.4. The van der Waals surface area contributed by atoms with E-state index in [4.69, 9.17) is 18.6 Å². The molecule has 0 saturated carbocycles. The molecule has 5 rings (SSSR count). The number of hydrogen-bond donors (Lipinski definition) is 0. The average Bonchev–Trinajstić information content (AvgIpc) is 3.24. The van der Waals surface area contributed by atoms with Crippen LogP contribution in [-0.4, -0.2) is 50.5 Å². The lowest BCUT2D eigenvalue weighted by molar-refractivity contribution is 0.122. The highest BCUT2D eigenvalue weighted by molar-refractivity contribution is 6.06. The van der Waals surface area contributed by atoms with Crippen LogP contribution in [0.1, 0.15) is 0 Å². The second-order valence-electron chi connectivity index (χ2n) is 7.36. The molecule has 164 valence electrons. The summed E-state index contributed by atoms with van der Waals surface area (Å²) in [5, 5.41) is 0.783. The quantitative estimate of drug-likeness (QED) is 0.455. The van der Waals surface area contributed by atoms with Crippen molar-refractivity contribution in [2.45, 2.75) is 0 Å². The van der Waals surface area contributed by atoms with Gasteiger partial charge in [-0.25, -0.2) is 14.4 Å². The molecule has 0 bridgehead atoms. The number of rotatable bonds is 5. The van der Waals surface area contributed by atoms with Crippen molar-refractivity contribution in [1.29, 1.82) is 0 Å². The number of anilines is 1. The Kier molecular flexibility index (Phi) is 5.36. The number of ether oxygens (including phenoxy) is 3. The molecule has 0 spiro atoms. The molecule has 7 nitrogen and oxygen atoms in total. The summed E-state index contributed by atoms with van der Waals surface area (Å²) in [6, 6.07) is 11.9. The number of nitrogens with zero attached hydrogens (tertiary/aromatic N) is 3. The highest BCUT2D eigenvalue weighted by atomic mass is 19.1. The van der Waals surface area contributed by atoms with Gasteiger partial charge in [0.1, 0.15) is 23.7 Å². The first-order valence-corrected chi connectivity index (χ1v) is 10.3. The van der Waals surface area contributed by atoms with E-state index < -0.39 is 0 Å². The van der Waals surface area contributed by atoms with Gasteiger partial charge in [-0.05, 0) is 35.9 Å². The van der Waals surface area contributed by atoms with E-state index in [2.05, 4.69) is 14.9 Å². The zero-order chi connectivity index (χ0) is 22.1. The molecule has 2 aromatic carbocycles. The monoisotopic (exact) mass is 435 g/mol. The minimum Gasteiger partial charge on any atom is -0.493 e. The third kappa shape index (κ3) is 3.52. The van der Waals surface area contributed by atoms with E-state index in [0.717, 1.165) is 27.9 Å². The summed E-state index contributed by atoms with van der Waals surface area (Å²) in [5.41, 5.74) is 2.85. The lowest BCUT2D eigenvalue weighted by Gasteiger charge is -2.28. The van der Waals surface area contributed by atoms with Gasteiger partial charge in [0, 0.05) is 24.2 Å². The predicted octanol–water partition coefficient (Wildman–Crippen LogP) is 4.55. The van der Waals surface area contributed by atoms with Crippen LogP contribution in [0, 0.1) is 5.82 Å². The maximum Gasteiger partial charge on any atom is 0.232 e. The van der Waals surface area contributed by atoms with Crippen LogP contribution in [0.3, 0.4) is 0 Å². The van der Waals surface area contributed by atoms with Gasteiger partial charge in [-0.3, -0.25) is 0 Å². The van der Waals surface area contributed by atoms with Crippen LogP contribution in [-0.2, 0) is 4.74 Å². The van der Waals surface area contributed by atoms with E-state index in [1.165, 1.54) is 18.5 Å². The molecule has 8 heteroatoms. The molecule has 3 heterocycles. The summed E-state index contributed by atoms with van der Waals surface area (Å²) in [4.78, 5) is 11.1. The van der Waals surface area contributed by atoms with Crippen LogP contribution in [0.25, 0.3) is 33.6 Å². The Morgan fingerprint density at radius 3 is 2.34 bits per heavy atom. The van der Waals surface area contributed by atoms with Crippen molar-refractivity contribution in [2.75, 3.05) is 45.4 Å². The minimum absolute atomic E-state index is 0.307. The minimum atomic E-state index is -0.307. The van der Waals surface area contributed by atoms with Gasteiger partial charge in [-0.15, -0.1) is 0 Å². The van der Waals surface area contributed by atoms with Gasteiger partial charge in [-0.1, -0.05) is 12.1 Å². The summed E-state index contributed by atoms with van der Waals surface area (Å²) in [7, 11) is 3.18. The molecule has 1 aliphatic rings.